The highest BCUT2D eigenvalue weighted by molar-refractivity contribution is 6.41. The average Bonchev–Trinajstić information content (AvgIpc) is 3.20. The van der Waals surface area contributed by atoms with Crippen LogP contribution >= 0.6 is 46.4 Å². The maximum absolute atomic E-state index is 12.7. The number of aromatic hydroxyl groups is 2. The summed E-state index contributed by atoms with van der Waals surface area (Å²) in [6, 6.07) is 2.51. The molecule has 2 amide bonds. The van der Waals surface area contributed by atoms with Gasteiger partial charge in [0.25, 0.3) is 11.8 Å². The molecule has 0 aliphatic carbocycles. The Hall–Kier alpha value is -2.89. The quantitative estimate of drug-likeness (QED) is 0.169. The molecule has 1 aliphatic rings. The summed E-state index contributed by atoms with van der Waals surface area (Å²) in [5.41, 5.74) is 11.1. The van der Waals surface area contributed by atoms with Crippen molar-refractivity contribution >= 4 is 87.3 Å². The topological polar surface area (TPSA) is 165 Å². The number of nitrogens with two attached hydrogens (primary N) is 2. The molecule has 1 aliphatic heterocycles. The lowest BCUT2D eigenvalue weighted by Gasteiger charge is -2.23. The van der Waals surface area contributed by atoms with E-state index in [9.17, 15) is 19.8 Å². The summed E-state index contributed by atoms with van der Waals surface area (Å²) >= 11 is 23.8. The van der Waals surface area contributed by atoms with E-state index >= 15 is 0 Å². The first-order valence-electron chi connectivity index (χ1n) is 9.11. The van der Waals surface area contributed by atoms with Crippen molar-refractivity contribution in [3.8, 4) is 11.5 Å². The van der Waals surface area contributed by atoms with Crippen LogP contribution in [0.15, 0.2) is 24.5 Å². The molecular formula is C19H18Cl4N6O4+2. The fourth-order valence-electron chi connectivity index (χ4n) is 3.03. The van der Waals surface area contributed by atoms with Gasteiger partial charge in [-0.2, -0.15) is 9.48 Å². The molecule has 9 N–H and O–H groups in total. The highest BCUT2D eigenvalue weighted by Crippen LogP contribution is 2.42. The lowest BCUT2D eigenvalue weighted by molar-refractivity contribution is -0.770. The number of phenols is 2. The maximum Gasteiger partial charge on any atom is 0.336 e. The molecule has 174 valence electrons. The Kier molecular flexibility index (Phi) is 7.15. The van der Waals surface area contributed by atoms with Crippen molar-refractivity contribution in [2.75, 3.05) is 35.2 Å². The normalized spacial score (nSPS) is 13.8. The van der Waals surface area contributed by atoms with Crippen molar-refractivity contribution in [3.63, 3.8) is 0 Å². The number of nitrogens with one attached hydrogen (secondary N) is 3. The molecule has 0 saturated carbocycles. The number of rotatable bonds is 6. The van der Waals surface area contributed by atoms with Crippen molar-refractivity contribution in [2.24, 2.45) is 0 Å². The summed E-state index contributed by atoms with van der Waals surface area (Å²) in [5, 5.41) is 25.0. The van der Waals surface area contributed by atoms with Crippen LogP contribution in [0.5, 0.6) is 11.5 Å². The van der Waals surface area contributed by atoms with Crippen LogP contribution in [0.1, 0.15) is 0 Å². The number of phenolic OH excluding ortho intramolecular Hbond substituents is 2. The van der Waals surface area contributed by atoms with Crippen LogP contribution in [-0.2, 0) is 9.59 Å². The lowest BCUT2D eigenvalue weighted by atomic mass is 10.2. The fraction of sp³-hybridized carbons (Fsp3) is 0.105. The maximum atomic E-state index is 12.7. The van der Waals surface area contributed by atoms with Gasteiger partial charge in [-0.1, -0.05) is 46.4 Å². The zero-order chi connectivity index (χ0) is 24.5. The largest absolute Gasteiger partial charge is 0.504 e. The van der Waals surface area contributed by atoms with E-state index in [2.05, 4.69) is 15.6 Å². The molecule has 2 aromatic carbocycles. The van der Waals surface area contributed by atoms with Gasteiger partial charge < -0.3 is 32.3 Å². The van der Waals surface area contributed by atoms with Crippen LogP contribution in [0.2, 0.25) is 20.1 Å². The smallest absolute Gasteiger partial charge is 0.336 e. The molecule has 0 atom stereocenters. The first kappa shape index (κ1) is 24.7. The van der Waals surface area contributed by atoms with Crippen LogP contribution in [0.4, 0.5) is 22.7 Å². The standard InChI is InChI=1S/C19H16Cl4N6O4/c20-8-3-10(18(32)14(22)16(8)24)27-12(30)5-29(2-1-26-7-29)6-13(31)28-11-4-9(21)17(25)15(23)19(11)33/h1-4,7H,5-6,24-25H2,(H3-,27,28,30,31,32,33)/p+2. The second-order valence-electron chi connectivity index (χ2n) is 7.09. The summed E-state index contributed by atoms with van der Waals surface area (Å²) in [6.45, 7) is -0.490. The zero-order valence-corrected chi connectivity index (χ0v) is 19.6. The van der Waals surface area contributed by atoms with Gasteiger partial charge in [0, 0.05) is 0 Å². The highest BCUT2D eigenvalue weighted by Gasteiger charge is 2.36. The van der Waals surface area contributed by atoms with E-state index in [1.54, 1.807) is 12.4 Å². The molecule has 10 nitrogen and oxygen atoms in total. The highest BCUT2D eigenvalue weighted by atomic mass is 35.5. The number of halogens is 4. The van der Waals surface area contributed by atoms with E-state index in [1.807, 2.05) is 0 Å². The van der Waals surface area contributed by atoms with Gasteiger partial charge in [0.05, 0.1) is 32.8 Å². The first-order chi connectivity index (χ1) is 15.4. The van der Waals surface area contributed by atoms with Crippen molar-refractivity contribution in [1.82, 2.24) is 0 Å². The number of carbonyl (C=O) groups excluding carboxylic acids is 2. The summed E-state index contributed by atoms with van der Waals surface area (Å²) in [7, 11) is 0. The fourth-order valence-corrected chi connectivity index (χ4v) is 3.94. The number of amides is 2. The molecule has 3 rings (SSSR count). The molecule has 33 heavy (non-hydrogen) atoms. The van der Waals surface area contributed by atoms with E-state index < -0.39 is 23.3 Å². The van der Waals surface area contributed by atoms with Gasteiger partial charge in [0.15, 0.2) is 30.8 Å². The SMILES string of the molecule is Nc1c(Cl)cc(NC(=O)C[N+]2(CC(=O)Nc3cc(Cl)c(N)c(Cl)c3O)C=C[NH+]=C2)c(O)c1Cl. The van der Waals surface area contributed by atoms with Crippen molar-refractivity contribution < 1.29 is 29.3 Å². The third-order valence-electron chi connectivity index (χ3n) is 4.68. The minimum absolute atomic E-state index is 0.0276. The summed E-state index contributed by atoms with van der Waals surface area (Å²) in [4.78, 5) is 28.2. The van der Waals surface area contributed by atoms with Crippen LogP contribution in [0, 0.1) is 0 Å². The minimum atomic E-state index is -0.568. The Morgan fingerprint density at radius 3 is 1.67 bits per heavy atom. The van der Waals surface area contributed by atoms with E-state index in [0.29, 0.717) is 0 Å². The number of carbonyl (C=O) groups is 2. The molecule has 0 fully saturated rings. The number of hydrogen-bond acceptors (Lipinski definition) is 6. The molecule has 0 unspecified atom stereocenters. The first-order valence-corrected chi connectivity index (χ1v) is 10.6. The number of nitrogen functional groups attached to an aromatic ring is 2. The second-order valence-corrected chi connectivity index (χ2v) is 8.66. The summed E-state index contributed by atoms with van der Waals surface area (Å²) < 4.78 is -0.244. The van der Waals surface area contributed by atoms with Gasteiger partial charge in [-0.15, -0.1) is 0 Å². The van der Waals surface area contributed by atoms with Crippen molar-refractivity contribution in [1.29, 1.82) is 0 Å². The Morgan fingerprint density at radius 1 is 0.879 bits per heavy atom. The monoisotopic (exact) mass is 534 g/mol. The molecule has 0 aromatic heterocycles. The van der Waals surface area contributed by atoms with Gasteiger partial charge in [-0.25, -0.2) is 0 Å². The van der Waals surface area contributed by atoms with E-state index in [1.165, 1.54) is 18.5 Å². The van der Waals surface area contributed by atoms with Crippen molar-refractivity contribution in [2.45, 2.75) is 0 Å². The average molecular weight is 536 g/mol. The van der Waals surface area contributed by atoms with E-state index in [-0.39, 0.29) is 60.4 Å². The molecule has 2 aromatic rings. The molecule has 1 heterocycles. The number of benzene rings is 2. The molecule has 14 heteroatoms. The second kappa shape index (κ2) is 9.54. The molecular weight excluding hydrogens is 518 g/mol. The Morgan fingerprint density at radius 2 is 1.30 bits per heavy atom. The van der Waals surface area contributed by atoms with Crippen LogP contribution in [-0.4, -0.2) is 45.9 Å². The molecule has 0 radical (unpaired) electrons. The third kappa shape index (κ3) is 5.21. The number of anilines is 4. The Bertz CT molecular complexity index is 1120. The number of quaternary nitrogens is 1. The summed E-state index contributed by atoms with van der Waals surface area (Å²) in [6.07, 6.45) is 4.62. The van der Waals surface area contributed by atoms with Crippen LogP contribution in [0.3, 0.4) is 0 Å². The summed E-state index contributed by atoms with van der Waals surface area (Å²) in [5.74, 6) is -2.02. The predicted molar refractivity (Wildman–Crippen MR) is 128 cm³/mol. The molecule has 0 bridgehead atoms. The Balaban J connectivity index is 1.75. The van der Waals surface area contributed by atoms with Crippen LogP contribution in [0.25, 0.3) is 0 Å². The van der Waals surface area contributed by atoms with Gasteiger partial charge in [0.1, 0.15) is 10.0 Å². The lowest BCUT2D eigenvalue weighted by Crippen LogP contribution is -2.64. The molecule has 0 saturated heterocycles. The van der Waals surface area contributed by atoms with Gasteiger partial charge in [-0.3, -0.25) is 9.59 Å². The Labute approximate surface area is 207 Å². The van der Waals surface area contributed by atoms with Crippen LogP contribution < -0.4 is 27.1 Å². The molecule has 0 spiro atoms. The minimum Gasteiger partial charge on any atom is -0.504 e. The van der Waals surface area contributed by atoms with Gasteiger partial charge in [0.2, 0.25) is 6.20 Å². The third-order valence-corrected chi connectivity index (χ3v) is 6.07. The number of hydrogen-bond donors (Lipinski definition) is 7. The number of nitrogens with zero attached hydrogens (tertiary/aromatic N) is 1. The van der Waals surface area contributed by atoms with E-state index in [0.717, 1.165) is 0 Å². The van der Waals surface area contributed by atoms with Gasteiger partial charge >= 0.3 is 6.34 Å². The van der Waals surface area contributed by atoms with Gasteiger partial charge in [-0.05, 0) is 12.1 Å². The predicted octanol–water partition coefficient (Wildman–Crippen LogP) is 1.86. The zero-order valence-electron chi connectivity index (χ0n) is 16.6. The van der Waals surface area contributed by atoms with E-state index in [4.69, 9.17) is 57.9 Å². The van der Waals surface area contributed by atoms with Crippen molar-refractivity contribution in [3.05, 3.63) is 44.6 Å².